The van der Waals surface area contributed by atoms with E-state index < -0.39 is 10.0 Å². The van der Waals surface area contributed by atoms with E-state index in [1.54, 1.807) is 12.1 Å². The molecule has 1 aliphatic heterocycles. The molecule has 1 amide bonds. The van der Waals surface area contributed by atoms with Crippen molar-refractivity contribution in [2.45, 2.75) is 36.6 Å². The summed E-state index contributed by atoms with van der Waals surface area (Å²) in [5, 5.41) is 3.06. The maximum absolute atomic E-state index is 13.1. The number of ether oxygens (including phenoxy) is 1. The number of anilines is 1. The first-order chi connectivity index (χ1) is 16.0. The van der Waals surface area contributed by atoms with Crippen molar-refractivity contribution in [1.82, 2.24) is 5.32 Å². The van der Waals surface area contributed by atoms with Gasteiger partial charge in [0.1, 0.15) is 5.75 Å². The molecule has 3 aromatic rings. The van der Waals surface area contributed by atoms with E-state index in [0.29, 0.717) is 18.7 Å². The van der Waals surface area contributed by atoms with Gasteiger partial charge >= 0.3 is 0 Å². The number of para-hydroxylation sites is 1. The zero-order chi connectivity index (χ0) is 22.8. The fraction of sp³-hybridized carbons (Fsp3) is 0.269. The maximum atomic E-state index is 13.1. The molecule has 0 unspecified atom stereocenters. The van der Waals surface area contributed by atoms with Crippen LogP contribution in [0.1, 0.15) is 35.6 Å². The number of carbonyl (C=O) groups is 1. The second kappa shape index (κ2) is 8.90. The molecule has 0 aromatic heterocycles. The van der Waals surface area contributed by atoms with E-state index in [1.165, 1.54) is 27.6 Å². The second-order valence-electron chi connectivity index (χ2n) is 8.43. The first-order valence-electron chi connectivity index (χ1n) is 11.2. The SMILES string of the molecule is O=C(COc1ccc(S(=O)(=O)N2CCc3ccccc32)cc1)N[C@@H]1CCCc2ccccc21. The molecule has 5 rings (SSSR count). The van der Waals surface area contributed by atoms with E-state index in [4.69, 9.17) is 4.74 Å². The van der Waals surface area contributed by atoms with Gasteiger partial charge in [0.25, 0.3) is 15.9 Å². The summed E-state index contributed by atoms with van der Waals surface area (Å²) < 4.78 is 33.3. The lowest BCUT2D eigenvalue weighted by Crippen LogP contribution is -2.34. The van der Waals surface area contributed by atoms with Gasteiger partial charge in [-0.25, -0.2) is 8.42 Å². The number of hydrogen-bond acceptors (Lipinski definition) is 4. The quantitative estimate of drug-likeness (QED) is 0.601. The summed E-state index contributed by atoms with van der Waals surface area (Å²) in [5.74, 6) is 0.261. The van der Waals surface area contributed by atoms with Gasteiger partial charge in [-0.2, -0.15) is 0 Å². The molecule has 170 valence electrons. The molecule has 7 heteroatoms. The Labute approximate surface area is 194 Å². The molecule has 33 heavy (non-hydrogen) atoms. The van der Waals surface area contributed by atoms with Crippen LogP contribution in [0.2, 0.25) is 0 Å². The van der Waals surface area contributed by atoms with Crippen molar-refractivity contribution >= 4 is 21.6 Å². The topological polar surface area (TPSA) is 75.7 Å². The Morgan fingerprint density at radius 2 is 1.67 bits per heavy atom. The lowest BCUT2D eigenvalue weighted by molar-refractivity contribution is -0.124. The molecule has 0 fully saturated rings. The molecule has 1 N–H and O–H groups in total. The zero-order valence-corrected chi connectivity index (χ0v) is 19.1. The van der Waals surface area contributed by atoms with Crippen molar-refractivity contribution in [3.63, 3.8) is 0 Å². The summed E-state index contributed by atoms with van der Waals surface area (Å²) in [6, 6.07) is 22.0. The number of benzene rings is 3. The van der Waals surface area contributed by atoms with Gasteiger partial charge in [0.15, 0.2) is 6.61 Å². The highest BCUT2D eigenvalue weighted by Gasteiger charge is 2.30. The minimum absolute atomic E-state index is 0.00177. The molecule has 1 aliphatic carbocycles. The number of hydrogen-bond donors (Lipinski definition) is 1. The summed E-state index contributed by atoms with van der Waals surface area (Å²) in [4.78, 5) is 12.7. The average Bonchev–Trinajstić information content (AvgIpc) is 3.28. The lowest BCUT2D eigenvalue weighted by atomic mass is 9.88. The monoisotopic (exact) mass is 462 g/mol. The average molecular weight is 463 g/mol. The summed E-state index contributed by atoms with van der Waals surface area (Å²) in [6.07, 6.45) is 3.70. The number of carbonyl (C=O) groups excluding carboxylic acids is 1. The first kappa shape index (κ1) is 21.5. The number of nitrogens with one attached hydrogen (secondary N) is 1. The third kappa shape index (κ3) is 4.33. The Kier molecular flexibility index (Phi) is 5.81. The van der Waals surface area contributed by atoms with Crippen LogP contribution in [0.5, 0.6) is 5.75 Å². The van der Waals surface area contributed by atoms with Crippen molar-refractivity contribution in [1.29, 1.82) is 0 Å². The fourth-order valence-corrected chi connectivity index (χ4v) is 6.18. The van der Waals surface area contributed by atoms with Gasteiger partial charge in [-0.15, -0.1) is 0 Å². The lowest BCUT2D eigenvalue weighted by Gasteiger charge is -2.26. The fourth-order valence-electron chi connectivity index (χ4n) is 4.68. The van der Waals surface area contributed by atoms with Crippen LogP contribution in [0, 0.1) is 0 Å². The van der Waals surface area contributed by atoms with Crippen LogP contribution in [-0.2, 0) is 27.7 Å². The summed E-state index contributed by atoms with van der Waals surface area (Å²) in [6.45, 7) is 0.314. The second-order valence-corrected chi connectivity index (χ2v) is 10.3. The minimum atomic E-state index is -3.65. The highest BCUT2D eigenvalue weighted by Crippen LogP contribution is 2.33. The highest BCUT2D eigenvalue weighted by atomic mass is 32.2. The molecule has 0 bridgehead atoms. The Bertz CT molecular complexity index is 1270. The van der Waals surface area contributed by atoms with Crippen LogP contribution >= 0.6 is 0 Å². The molecular formula is C26H26N2O4S. The van der Waals surface area contributed by atoms with Crippen molar-refractivity contribution in [2.24, 2.45) is 0 Å². The van der Waals surface area contributed by atoms with Gasteiger partial charge in [0.2, 0.25) is 0 Å². The zero-order valence-electron chi connectivity index (χ0n) is 18.2. The van der Waals surface area contributed by atoms with Crippen LogP contribution in [-0.4, -0.2) is 27.5 Å². The van der Waals surface area contributed by atoms with Crippen molar-refractivity contribution in [2.75, 3.05) is 17.5 Å². The van der Waals surface area contributed by atoms with E-state index in [1.807, 2.05) is 36.4 Å². The molecule has 3 aromatic carbocycles. The number of rotatable bonds is 6. The molecular weight excluding hydrogens is 436 g/mol. The molecule has 6 nitrogen and oxygen atoms in total. The van der Waals surface area contributed by atoms with Gasteiger partial charge in [0.05, 0.1) is 16.6 Å². The van der Waals surface area contributed by atoms with Crippen molar-refractivity contribution < 1.29 is 17.9 Å². The third-order valence-electron chi connectivity index (χ3n) is 6.33. The van der Waals surface area contributed by atoms with Gasteiger partial charge in [-0.3, -0.25) is 9.10 Å². The number of fused-ring (bicyclic) bond motifs is 2. The van der Waals surface area contributed by atoms with Gasteiger partial charge in [0, 0.05) is 6.54 Å². The number of aryl methyl sites for hydroxylation is 1. The normalized spacial score (nSPS) is 17.2. The summed E-state index contributed by atoms with van der Waals surface area (Å²) in [7, 11) is -3.65. The Morgan fingerprint density at radius 1 is 0.939 bits per heavy atom. The maximum Gasteiger partial charge on any atom is 0.264 e. The third-order valence-corrected chi connectivity index (χ3v) is 8.16. The number of amides is 1. The van der Waals surface area contributed by atoms with Crippen molar-refractivity contribution in [3.8, 4) is 5.75 Å². The van der Waals surface area contributed by atoms with E-state index in [9.17, 15) is 13.2 Å². The van der Waals surface area contributed by atoms with Crippen LogP contribution in [0.4, 0.5) is 5.69 Å². The smallest absolute Gasteiger partial charge is 0.264 e. The molecule has 0 saturated heterocycles. The van der Waals surface area contributed by atoms with E-state index in [-0.39, 0.29) is 23.5 Å². The van der Waals surface area contributed by atoms with Crippen LogP contribution in [0.15, 0.2) is 77.7 Å². The van der Waals surface area contributed by atoms with E-state index in [0.717, 1.165) is 30.5 Å². The molecule has 1 atom stereocenters. The van der Waals surface area contributed by atoms with E-state index in [2.05, 4.69) is 17.4 Å². The predicted molar refractivity (Wildman–Crippen MR) is 127 cm³/mol. The first-order valence-corrected chi connectivity index (χ1v) is 12.7. The largest absolute Gasteiger partial charge is 0.484 e. The van der Waals surface area contributed by atoms with Crippen LogP contribution in [0.25, 0.3) is 0 Å². The van der Waals surface area contributed by atoms with Crippen molar-refractivity contribution in [3.05, 3.63) is 89.5 Å². The Morgan fingerprint density at radius 3 is 2.48 bits per heavy atom. The number of sulfonamides is 1. The van der Waals surface area contributed by atoms with Gasteiger partial charge in [-0.05, 0) is 72.7 Å². The Balaban J connectivity index is 1.21. The molecule has 1 heterocycles. The highest BCUT2D eigenvalue weighted by molar-refractivity contribution is 7.92. The molecule has 0 saturated carbocycles. The Hall–Kier alpha value is -3.32. The molecule has 2 aliphatic rings. The van der Waals surface area contributed by atoms with Crippen LogP contribution in [0.3, 0.4) is 0 Å². The van der Waals surface area contributed by atoms with Gasteiger partial charge in [-0.1, -0.05) is 42.5 Å². The van der Waals surface area contributed by atoms with Gasteiger partial charge < -0.3 is 10.1 Å². The standard InChI is InChI=1S/C26H26N2O4S/c29-26(27-24-10-5-8-19-6-1-3-9-23(19)24)18-32-21-12-14-22(15-13-21)33(30,31)28-17-16-20-7-2-4-11-25(20)28/h1-4,6-7,9,11-15,24H,5,8,10,16-18H2,(H,27,29)/t24-/m1/s1. The predicted octanol–water partition coefficient (Wildman–Crippen LogP) is 4.01. The minimum Gasteiger partial charge on any atom is -0.484 e. The molecule has 0 radical (unpaired) electrons. The van der Waals surface area contributed by atoms with E-state index >= 15 is 0 Å². The summed E-state index contributed by atoms with van der Waals surface area (Å²) in [5.41, 5.74) is 4.23. The van der Waals surface area contributed by atoms with Crippen LogP contribution < -0.4 is 14.4 Å². The summed E-state index contributed by atoms with van der Waals surface area (Å²) >= 11 is 0. The number of nitrogens with zero attached hydrogens (tertiary/aromatic N) is 1. The molecule has 0 spiro atoms.